The molecule has 1 N–H and O–H groups in total. The number of hydrogen-bond acceptors (Lipinski definition) is 3. The molecular formula is C18H16ClNO3. The predicted octanol–water partition coefficient (Wildman–Crippen LogP) is 3.17. The van der Waals surface area contributed by atoms with Gasteiger partial charge in [-0.05, 0) is 25.1 Å². The highest BCUT2D eigenvalue weighted by atomic mass is 35.5. The van der Waals surface area contributed by atoms with Crippen LogP contribution in [0.2, 0.25) is 5.02 Å². The van der Waals surface area contributed by atoms with E-state index in [9.17, 15) is 14.7 Å². The zero-order valence-corrected chi connectivity index (χ0v) is 13.4. The number of halogens is 1. The Labute approximate surface area is 139 Å². The molecule has 0 saturated heterocycles. The van der Waals surface area contributed by atoms with E-state index in [4.69, 9.17) is 11.6 Å². The third kappa shape index (κ3) is 2.54. The number of anilines is 1. The lowest BCUT2D eigenvalue weighted by molar-refractivity contribution is -0.135. The van der Waals surface area contributed by atoms with Crippen molar-refractivity contribution in [3.8, 4) is 0 Å². The summed E-state index contributed by atoms with van der Waals surface area (Å²) in [5, 5.41) is 11.4. The van der Waals surface area contributed by atoms with Gasteiger partial charge in [-0.25, -0.2) is 0 Å². The van der Waals surface area contributed by atoms with Crippen LogP contribution in [0, 0.1) is 0 Å². The maximum Gasteiger partial charge on any atom is 0.264 e. The molecule has 1 aliphatic rings. The van der Waals surface area contributed by atoms with Gasteiger partial charge < -0.3 is 10.0 Å². The van der Waals surface area contributed by atoms with Crippen molar-refractivity contribution < 1.29 is 14.7 Å². The molecular weight excluding hydrogens is 314 g/mol. The Hall–Kier alpha value is -2.17. The lowest BCUT2D eigenvalue weighted by Crippen LogP contribution is -2.41. The molecule has 118 valence electrons. The first-order valence-corrected chi connectivity index (χ1v) is 7.78. The summed E-state index contributed by atoms with van der Waals surface area (Å²) in [4.78, 5) is 26.6. The molecule has 0 aromatic heterocycles. The van der Waals surface area contributed by atoms with Gasteiger partial charge in [-0.3, -0.25) is 9.59 Å². The lowest BCUT2D eigenvalue weighted by atomic mass is 9.88. The zero-order valence-electron chi connectivity index (χ0n) is 12.6. The molecule has 23 heavy (non-hydrogen) atoms. The molecule has 3 rings (SSSR count). The number of amides is 1. The molecule has 1 atom stereocenters. The number of likely N-dealkylation sites (N-methyl/N-ethyl adjacent to an activating group) is 1. The van der Waals surface area contributed by atoms with Crippen molar-refractivity contribution in [1.82, 2.24) is 0 Å². The van der Waals surface area contributed by atoms with Crippen molar-refractivity contribution in [1.29, 1.82) is 0 Å². The van der Waals surface area contributed by atoms with Crippen LogP contribution in [0.25, 0.3) is 0 Å². The van der Waals surface area contributed by atoms with E-state index in [1.807, 2.05) is 6.92 Å². The van der Waals surface area contributed by atoms with Crippen molar-refractivity contribution in [2.75, 3.05) is 11.4 Å². The SMILES string of the molecule is CCN1C(=O)[C@](O)(CC(=O)c2ccccc2)c2cc(Cl)ccc21. The van der Waals surface area contributed by atoms with Crippen molar-refractivity contribution in [3.05, 3.63) is 64.7 Å². The fourth-order valence-electron chi connectivity index (χ4n) is 2.97. The number of carbonyl (C=O) groups is 2. The highest BCUT2D eigenvalue weighted by Crippen LogP contribution is 2.43. The standard InChI is InChI=1S/C18H16ClNO3/c1-2-20-15-9-8-13(19)10-14(15)18(23,17(20)22)11-16(21)12-6-4-3-5-7-12/h3-10,23H,2,11H2,1H3/t18-/m0/s1. The molecule has 0 unspecified atom stereocenters. The Kier molecular flexibility index (Phi) is 3.96. The second-order valence-corrected chi connectivity index (χ2v) is 5.97. The van der Waals surface area contributed by atoms with Crippen molar-refractivity contribution in [2.24, 2.45) is 0 Å². The van der Waals surface area contributed by atoms with E-state index in [-0.39, 0.29) is 12.2 Å². The molecule has 2 aromatic carbocycles. The Morgan fingerprint density at radius 2 is 1.91 bits per heavy atom. The molecule has 0 aliphatic carbocycles. The second-order valence-electron chi connectivity index (χ2n) is 5.54. The molecule has 5 heteroatoms. The fraction of sp³-hybridized carbons (Fsp3) is 0.222. The quantitative estimate of drug-likeness (QED) is 0.876. The van der Waals surface area contributed by atoms with Gasteiger partial charge in [-0.2, -0.15) is 0 Å². The minimum Gasteiger partial charge on any atom is -0.375 e. The maximum absolute atomic E-state index is 12.7. The van der Waals surface area contributed by atoms with Gasteiger partial charge >= 0.3 is 0 Å². The van der Waals surface area contributed by atoms with E-state index in [1.165, 1.54) is 4.90 Å². The smallest absolute Gasteiger partial charge is 0.264 e. The van der Waals surface area contributed by atoms with Gasteiger partial charge in [-0.15, -0.1) is 0 Å². The van der Waals surface area contributed by atoms with Crippen LogP contribution in [0.15, 0.2) is 48.5 Å². The van der Waals surface area contributed by atoms with Crippen molar-refractivity contribution in [3.63, 3.8) is 0 Å². The predicted molar refractivity (Wildman–Crippen MR) is 88.8 cm³/mol. The number of hydrogen-bond donors (Lipinski definition) is 1. The first kappa shape index (κ1) is 15.7. The third-order valence-electron chi connectivity index (χ3n) is 4.12. The van der Waals surface area contributed by atoms with Gasteiger partial charge in [0.15, 0.2) is 11.4 Å². The van der Waals surface area contributed by atoms with Crippen LogP contribution in [0.3, 0.4) is 0 Å². The highest BCUT2D eigenvalue weighted by Gasteiger charge is 2.50. The van der Waals surface area contributed by atoms with Gasteiger partial charge in [0.2, 0.25) is 0 Å². The Bertz CT molecular complexity index is 775. The van der Waals surface area contributed by atoms with Crippen molar-refractivity contribution >= 4 is 29.0 Å². The number of ketones is 1. The van der Waals surface area contributed by atoms with E-state index >= 15 is 0 Å². The molecule has 0 radical (unpaired) electrons. The molecule has 0 spiro atoms. The molecule has 0 fully saturated rings. The van der Waals surface area contributed by atoms with Crippen LogP contribution in [-0.2, 0) is 10.4 Å². The molecule has 1 heterocycles. The monoisotopic (exact) mass is 329 g/mol. The van der Waals surface area contributed by atoms with Crippen molar-refractivity contribution in [2.45, 2.75) is 18.9 Å². The van der Waals surface area contributed by atoms with E-state index in [1.54, 1.807) is 48.5 Å². The number of aliphatic hydroxyl groups is 1. The summed E-state index contributed by atoms with van der Waals surface area (Å²) in [6, 6.07) is 13.6. The topological polar surface area (TPSA) is 57.6 Å². The summed E-state index contributed by atoms with van der Waals surface area (Å²) < 4.78 is 0. The Balaban J connectivity index is 2.02. The number of Topliss-reactive ketones (excluding diaryl/α,β-unsaturated/α-hetero) is 1. The number of carbonyl (C=O) groups excluding carboxylic acids is 2. The first-order chi connectivity index (χ1) is 11.0. The summed E-state index contributed by atoms with van der Waals surface area (Å²) in [5.41, 5.74) is -0.415. The zero-order chi connectivity index (χ0) is 16.6. The van der Waals surface area contributed by atoms with Crippen LogP contribution in [-0.4, -0.2) is 23.3 Å². The van der Waals surface area contributed by atoms with Crippen LogP contribution in [0.1, 0.15) is 29.3 Å². The summed E-state index contributed by atoms with van der Waals surface area (Å²) in [6.07, 6.45) is -0.306. The fourth-order valence-corrected chi connectivity index (χ4v) is 3.14. The minimum atomic E-state index is -1.87. The summed E-state index contributed by atoms with van der Waals surface area (Å²) >= 11 is 6.02. The average molecular weight is 330 g/mol. The number of rotatable bonds is 4. The second kappa shape index (κ2) is 5.80. The minimum absolute atomic E-state index is 0.287. The maximum atomic E-state index is 12.7. The number of nitrogens with zero attached hydrogens (tertiary/aromatic N) is 1. The largest absolute Gasteiger partial charge is 0.375 e. The lowest BCUT2D eigenvalue weighted by Gasteiger charge is -2.22. The first-order valence-electron chi connectivity index (χ1n) is 7.40. The number of fused-ring (bicyclic) bond motifs is 1. The van der Waals surface area contributed by atoms with Gasteiger partial charge in [0.1, 0.15) is 0 Å². The summed E-state index contributed by atoms with van der Waals surface area (Å²) in [6.45, 7) is 2.23. The normalized spacial score (nSPS) is 19.8. The van der Waals surface area contributed by atoms with Crippen LogP contribution < -0.4 is 4.90 Å². The molecule has 1 aliphatic heterocycles. The Morgan fingerprint density at radius 1 is 1.22 bits per heavy atom. The Morgan fingerprint density at radius 3 is 2.57 bits per heavy atom. The van der Waals surface area contributed by atoms with Gasteiger partial charge in [-0.1, -0.05) is 41.9 Å². The molecule has 2 aromatic rings. The van der Waals surface area contributed by atoms with E-state index in [0.717, 1.165) is 0 Å². The highest BCUT2D eigenvalue weighted by molar-refractivity contribution is 6.31. The molecule has 0 bridgehead atoms. The van der Waals surface area contributed by atoms with Crippen LogP contribution in [0.5, 0.6) is 0 Å². The molecule has 1 amide bonds. The van der Waals surface area contributed by atoms with Crippen LogP contribution in [0.4, 0.5) is 5.69 Å². The molecule has 0 saturated carbocycles. The number of benzene rings is 2. The van der Waals surface area contributed by atoms with E-state index in [2.05, 4.69) is 0 Å². The van der Waals surface area contributed by atoms with Crippen LogP contribution >= 0.6 is 11.6 Å². The van der Waals surface area contributed by atoms with E-state index < -0.39 is 11.5 Å². The summed E-state index contributed by atoms with van der Waals surface area (Å²) in [5.74, 6) is -0.771. The van der Waals surface area contributed by atoms with Gasteiger partial charge in [0, 0.05) is 22.7 Å². The molecule has 4 nitrogen and oxygen atoms in total. The average Bonchev–Trinajstić information content (AvgIpc) is 2.76. The third-order valence-corrected chi connectivity index (χ3v) is 4.36. The van der Waals surface area contributed by atoms with E-state index in [0.29, 0.717) is 28.4 Å². The van der Waals surface area contributed by atoms with Gasteiger partial charge in [0.05, 0.1) is 12.1 Å². The van der Waals surface area contributed by atoms with Gasteiger partial charge in [0.25, 0.3) is 5.91 Å². The summed E-state index contributed by atoms with van der Waals surface area (Å²) in [7, 11) is 0.